The highest BCUT2D eigenvalue weighted by atomic mass is 16.4. The minimum absolute atomic E-state index is 0.0728. The Morgan fingerprint density at radius 2 is 1.68 bits per heavy atom. The van der Waals surface area contributed by atoms with E-state index < -0.39 is 31.1 Å². The van der Waals surface area contributed by atoms with Gasteiger partial charge in [-0.2, -0.15) is 0 Å². The van der Waals surface area contributed by atoms with E-state index in [-0.39, 0.29) is 6.04 Å². The molecule has 1 saturated heterocycles. The van der Waals surface area contributed by atoms with Crippen molar-refractivity contribution in [3.8, 4) is 0 Å². The van der Waals surface area contributed by atoms with Gasteiger partial charge >= 0.3 is 18.0 Å². The first-order valence-electron chi connectivity index (χ1n) is 5.99. The van der Waals surface area contributed by atoms with Gasteiger partial charge in [0.15, 0.2) is 0 Å². The number of carbonyl (C=O) groups excluding carboxylic acids is 1. The van der Waals surface area contributed by atoms with Crippen LogP contribution >= 0.6 is 0 Å². The van der Waals surface area contributed by atoms with Crippen LogP contribution in [-0.4, -0.2) is 88.7 Å². The summed E-state index contributed by atoms with van der Waals surface area (Å²) >= 11 is 0. The summed E-state index contributed by atoms with van der Waals surface area (Å²) in [6.07, 6.45) is 0. The Hall–Kier alpha value is -1.83. The summed E-state index contributed by atoms with van der Waals surface area (Å²) in [5.74, 6) is -2.45. The Bertz CT molecular complexity index is 357. The zero-order chi connectivity index (χ0) is 14.6. The number of nitrogens with zero attached hydrogens (tertiary/aromatic N) is 3. The van der Waals surface area contributed by atoms with Crippen molar-refractivity contribution in [1.29, 1.82) is 0 Å². The zero-order valence-electron chi connectivity index (χ0n) is 11.1. The van der Waals surface area contributed by atoms with Gasteiger partial charge in [-0.05, 0) is 14.0 Å². The summed E-state index contributed by atoms with van der Waals surface area (Å²) in [5, 5.41) is 17.5. The number of piperazine rings is 1. The van der Waals surface area contributed by atoms with Crippen LogP contribution in [0, 0.1) is 0 Å². The van der Waals surface area contributed by atoms with Crippen molar-refractivity contribution in [3.05, 3.63) is 0 Å². The molecule has 1 unspecified atom stereocenters. The van der Waals surface area contributed by atoms with Gasteiger partial charge in [-0.3, -0.25) is 9.59 Å². The predicted molar refractivity (Wildman–Crippen MR) is 65.9 cm³/mol. The lowest BCUT2D eigenvalue weighted by Gasteiger charge is -2.40. The molecule has 0 aromatic carbocycles. The maximum Gasteiger partial charge on any atom is 0.323 e. The number of aliphatic carboxylic acids is 2. The maximum absolute atomic E-state index is 12.2. The third-order valence-electron chi connectivity index (χ3n) is 3.00. The lowest BCUT2D eigenvalue weighted by atomic mass is 10.2. The molecule has 0 spiro atoms. The normalized spacial score (nSPS) is 20.1. The highest BCUT2D eigenvalue weighted by Gasteiger charge is 2.30. The first kappa shape index (κ1) is 15.2. The molecule has 0 aromatic heterocycles. The van der Waals surface area contributed by atoms with Crippen molar-refractivity contribution in [2.24, 2.45) is 0 Å². The van der Waals surface area contributed by atoms with Gasteiger partial charge in [-0.15, -0.1) is 0 Å². The van der Waals surface area contributed by atoms with E-state index in [2.05, 4.69) is 4.90 Å². The number of carboxylic acids is 2. The van der Waals surface area contributed by atoms with Crippen molar-refractivity contribution in [2.75, 3.05) is 39.8 Å². The van der Waals surface area contributed by atoms with Crippen LogP contribution in [0.1, 0.15) is 6.92 Å². The van der Waals surface area contributed by atoms with E-state index in [9.17, 15) is 14.4 Å². The molecule has 1 aliphatic heterocycles. The quantitative estimate of drug-likeness (QED) is 0.696. The second-order valence-corrected chi connectivity index (χ2v) is 4.73. The van der Waals surface area contributed by atoms with Gasteiger partial charge in [0.2, 0.25) is 0 Å². The summed E-state index contributed by atoms with van der Waals surface area (Å²) in [6, 6.07) is -0.610. The molecule has 1 heterocycles. The topological polar surface area (TPSA) is 101 Å². The van der Waals surface area contributed by atoms with Crippen LogP contribution in [0.15, 0.2) is 0 Å². The summed E-state index contributed by atoms with van der Waals surface area (Å²) in [4.78, 5) is 38.0. The van der Waals surface area contributed by atoms with Crippen LogP contribution in [0.5, 0.6) is 0 Å². The third kappa shape index (κ3) is 4.40. The predicted octanol–water partition coefficient (Wildman–Crippen LogP) is -0.786. The number of likely N-dealkylation sites (N-methyl/N-ethyl adjacent to an activating group) is 1. The molecule has 108 valence electrons. The number of amides is 2. The Balaban J connectivity index is 2.74. The number of hydrogen-bond acceptors (Lipinski definition) is 4. The van der Waals surface area contributed by atoms with Gasteiger partial charge in [-0.25, -0.2) is 4.79 Å². The van der Waals surface area contributed by atoms with E-state index in [1.165, 1.54) is 4.90 Å². The second-order valence-electron chi connectivity index (χ2n) is 4.73. The van der Waals surface area contributed by atoms with Gasteiger partial charge in [0, 0.05) is 25.7 Å². The lowest BCUT2D eigenvalue weighted by Crippen LogP contribution is -2.57. The summed E-state index contributed by atoms with van der Waals surface area (Å²) < 4.78 is 0. The fraction of sp³-hybridized carbons (Fsp3) is 0.727. The first-order chi connectivity index (χ1) is 8.81. The SMILES string of the molecule is CC1CN(C)CCN1C(=O)N(CC(=O)O)CC(=O)O. The van der Waals surface area contributed by atoms with E-state index in [1.807, 2.05) is 14.0 Å². The monoisotopic (exact) mass is 273 g/mol. The molecule has 2 amide bonds. The van der Waals surface area contributed by atoms with Crippen molar-refractivity contribution in [2.45, 2.75) is 13.0 Å². The molecular weight excluding hydrogens is 254 g/mol. The minimum atomic E-state index is -1.23. The molecular formula is C11H19N3O5. The number of urea groups is 1. The van der Waals surface area contributed by atoms with Gasteiger partial charge in [0.1, 0.15) is 13.1 Å². The molecule has 8 heteroatoms. The molecule has 1 fully saturated rings. The van der Waals surface area contributed by atoms with Crippen LogP contribution in [0.3, 0.4) is 0 Å². The van der Waals surface area contributed by atoms with E-state index in [0.717, 1.165) is 4.90 Å². The fourth-order valence-electron chi connectivity index (χ4n) is 2.12. The van der Waals surface area contributed by atoms with Gasteiger partial charge in [0.25, 0.3) is 0 Å². The molecule has 0 aliphatic carbocycles. The van der Waals surface area contributed by atoms with Crippen LogP contribution in [-0.2, 0) is 9.59 Å². The molecule has 19 heavy (non-hydrogen) atoms. The number of rotatable bonds is 4. The summed E-state index contributed by atoms with van der Waals surface area (Å²) in [5.41, 5.74) is 0. The molecule has 2 N–H and O–H groups in total. The highest BCUT2D eigenvalue weighted by molar-refractivity contribution is 5.84. The average molecular weight is 273 g/mol. The first-order valence-corrected chi connectivity index (χ1v) is 5.99. The molecule has 1 rings (SSSR count). The van der Waals surface area contributed by atoms with E-state index in [1.54, 1.807) is 0 Å². The maximum atomic E-state index is 12.2. The summed E-state index contributed by atoms with van der Waals surface area (Å²) in [6.45, 7) is 2.47. The van der Waals surface area contributed by atoms with Crippen LogP contribution in [0.25, 0.3) is 0 Å². The molecule has 0 aromatic rings. The molecule has 0 radical (unpaired) electrons. The molecule has 0 bridgehead atoms. The zero-order valence-corrected chi connectivity index (χ0v) is 11.1. The van der Waals surface area contributed by atoms with Crippen LogP contribution in [0.4, 0.5) is 4.79 Å². The molecule has 1 atom stereocenters. The molecule has 0 saturated carbocycles. The smallest absolute Gasteiger partial charge is 0.323 e. The van der Waals surface area contributed by atoms with Crippen molar-refractivity contribution >= 4 is 18.0 Å². The van der Waals surface area contributed by atoms with Crippen molar-refractivity contribution in [1.82, 2.24) is 14.7 Å². The van der Waals surface area contributed by atoms with Crippen molar-refractivity contribution in [3.63, 3.8) is 0 Å². The number of carbonyl (C=O) groups is 3. The summed E-state index contributed by atoms with van der Waals surface area (Å²) in [7, 11) is 1.94. The standard InChI is InChI=1S/C11H19N3O5/c1-8-5-12(2)3-4-14(8)11(19)13(6-9(15)16)7-10(17)18/h8H,3-7H2,1-2H3,(H,15,16)(H,17,18). The van der Waals surface area contributed by atoms with Crippen LogP contribution < -0.4 is 0 Å². The lowest BCUT2D eigenvalue weighted by molar-refractivity contribution is -0.140. The van der Waals surface area contributed by atoms with Crippen LogP contribution in [0.2, 0.25) is 0 Å². The van der Waals surface area contributed by atoms with Gasteiger partial charge in [0.05, 0.1) is 0 Å². The number of carboxylic acid groups (broad SMARTS) is 2. The van der Waals surface area contributed by atoms with E-state index in [0.29, 0.717) is 19.6 Å². The van der Waals surface area contributed by atoms with Crippen molar-refractivity contribution < 1.29 is 24.6 Å². The third-order valence-corrected chi connectivity index (χ3v) is 3.00. The largest absolute Gasteiger partial charge is 0.480 e. The number of hydrogen-bond donors (Lipinski definition) is 2. The molecule has 1 aliphatic rings. The minimum Gasteiger partial charge on any atom is -0.480 e. The van der Waals surface area contributed by atoms with E-state index in [4.69, 9.17) is 10.2 Å². The fourth-order valence-corrected chi connectivity index (χ4v) is 2.12. The van der Waals surface area contributed by atoms with Gasteiger partial charge in [-0.1, -0.05) is 0 Å². The Kier molecular flexibility index (Phi) is 5.11. The van der Waals surface area contributed by atoms with E-state index >= 15 is 0 Å². The average Bonchev–Trinajstić information content (AvgIpc) is 2.26. The Labute approximate surface area is 111 Å². The Morgan fingerprint density at radius 3 is 2.11 bits per heavy atom. The Morgan fingerprint density at radius 1 is 1.16 bits per heavy atom. The molecule has 8 nitrogen and oxygen atoms in total. The highest BCUT2D eigenvalue weighted by Crippen LogP contribution is 2.11. The second kappa shape index (κ2) is 6.37. The van der Waals surface area contributed by atoms with Gasteiger partial charge < -0.3 is 24.9 Å².